The van der Waals surface area contributed by atoms with Gasteiger partial charge in [-0.1, -0.05) is 0 Å². The van der Waals surface area contributed by atoms with Gasteiger partial charge in [0.25, 0.3) is 11.6 Å². The van der Waals surface area contributed by atoms with E-state index in [-0.39, 0.29) is 23.9 Å². The highest BCUT2D eigenvalue weighted by Gasteiger charge is 2.34. The SMILES string of the molecule is CC1Oc2ccc(N)nc2N(CC(=O)Nc2ccc([N+](=O)[O-])cc2)C1=O. The molecule has 0 saturated heterocycles. The zero-order chi connectivity index (χ0) is 18.8. The van der Waals surface area contributed by atoms with E-state index in [0.29, 0.717) is 11.4 Å². The van der Waals surface area contributed by atoms with Crippen LogP contribution in [-0.4, -0.2) is 34.4 Å². The third-order valence-corrected chi connectivity index (χ3v) is 3.70. The summed E-state index contributed by atoms with van der Waals surface area (Å²) in [7, 11) is 0. The fourth-order valence-electron chi connectivity index (χ4n) is 2.46. The number of nitrogen functional groups attached to an aromatic ring is 1. The van der Waals surface area contributed by atoms with Crippen LogP contribution in [0.2, 0.25) is 0 Å². The molecule has 0 radical (unpaired) electrons. The molecule has 3 rings (SSSR count). The van der Waals surface area contributed by atoms with Crippen LogP contribution in [0.1, 0.15) is 6.92 Å². The average Bonchev–Trinajstić information content (AvgIpc) is 2.60. The summed E-state index contributed by atoms with van der Waals surface area (Å²) in [5, 5.41) is 13.2. The summed E-state index contributed by atoms with van der Waals surface area (Å²) in [6, 6.07) is 8.48. The number of aromatic nitrogens is 1. The molecule has 2 amide bonds. The van der Waals surface area contributed by atoms with Crippen molar-refractivity contribution >= 4 is 34.8 Å². The number of hydrogen-bond acceptors (Lipinski definition) is 7. The first-order valence-electron chi connectivity index (χ1n) is 7.64. The first-order valence-corrected chi connectivity index (χ1v) is 7.64. The molecule has 0 saturated carbocycles. The smallest absolute Gasteiger partial charge is 0.269 e. The van der Waals surface area contributed by atoms with E-state index >= 15 is 0 Å². The number of rotatable bonds is 4. The fourth-order valence-corrected chi connectivity index (χ4v) is 2.46. The predicted molar refractivity (Wildman–Crippen MR) is 92.8 cm³/mol. The van der Waals surface area contributed by atoms with Crippen LogP contribution in [0.5, 0.6) is 5.75 Å². The first kappa shape index (κ1) is 17.1. The number of fused-ring (bicyclic) bond motifs is 1. The van der Waals surface area contributed by atoms with Crippen molar-refractivity contribution < 1.29 is 19.2 Å². The lowest BCUT2D eigenvalue weighted by molar-refractivity contribution is -0.384. The van der Waals surface area contributed by atoms with E-state index in [0.717, 1.165) is 0 Å². The van der Waals surface area contributed by atoms with Gasteiger partial charge in [-0.25, -0.2) is 4.98 Å². The minimum atomic E-state index is -0.764. The molecule has 2 aromatic rings. The van der Waals surface area contributed by atoms with Crippen molar-refractivity contribution in [1.29, 1.82) is 0 Å². The number of pyridine rings is 1. The maximum absolute atomic E-state index is 12.4. The standard InChI is InChI=1S/C16H15N5O5/c1-9-16(23)20(15-12(26-9)6-7-13(17)19-15)8-14(22)18-10-2-4-11(5-3-10)21(24)25/h2-7,9H,8H2,1H3,(H2,17,19)(H,18,22). The van der Waals surface area contributed by atoms with Gasteiger partial charge in [0.1, 0.15) is 12.4 Å². The van der Waals surface area contributed by atoms with E-state index in [2.05, 4.69) is 10.3 Å². The van der Waals surface area contributed by atoms with Crippen molar-refractivity contribution in [2.24, 2.45) is 0 Å². The van der Waals surface area contributed by atoms with Crippen LogP contribution in [0, 0.1) is 10.1 Å². The second kappa shape index (κ2) is 6.67. The fraction of sp³-hybridized carbons (Fsp3) is 0.188. The van der Waals surface area contributed by atoms with E-state index in [1.54, 1.807) is 13.0 Å². The predicted octanol–water partition coefficient (Wildman–Crippen LogP) is 1.32. The molecular weight excluding hydrogens is 342 g/mol. The number of benzene rings is 1. The Hall–Kier alpha value is -3.69. The lowest BCUT2D eigenvalue weighted by Crippen LogP contribution is -2.48. The lowest BCUT2D eigenvalue weighted by Gasteiger charge is -2.31. The molecule has 3 N–H and O–H groups in total. The molecule has 10 nitrogen and oxygen atoms in total. The zero-order valence-electron chi connectivity index (χ0n) is 13.7. The van der Waals surface area contributed by atoms with Crippen molar-refractivity contribution in [1.82, 2.24) is 4.98 Å². The molecule has 10 heteroatoms. The Morgan fingerprint density at radius 3 is 2.69 bits per heavy atom. The Labute approximate surface area is 147 Å². The number of nitrogens with one attached hydrogen (secondary N) is 1. The molecule has 134 valence electrons. The van der Waals surface area contributed by atoms with E-state index in [4.69, 9.17) is 10.5 Å². The third-order valence-electron chi connectivity index (χ3n) is 3.70. The topological polar surface area (TPSA) is 141 Å². The molecule has 1 atom stereocenters. The molecule has 0 aliphatic carbocycles. The second-order valence-electron chi connectivity index (χ2n) is 5.59. The summed E-state index contributed by atoms with van der Waals surface area (Å²) >= 11 is 0. The normalized spacial score (nSPS) is 15.8. The van der Waals surface area contributed by atoms with Crippen molar-refractivity contribution in [2.45, 2.75) is 13.0 Å². The number of hydrogen-bond donors (Lipinski definition) is 2. The van der Waals surface area contributed by atoms with Gasteiger partial charge in [0.2, 0.25) is 5.91 Å². The number of nitro groups is 1. The van der Waals surface area contributed by atoms with Gasteiger partial charge in [-0.05, 0) is 31.2 Å². The van der Waals surface area contributed by atoms with Crippen LogP contribution in [0.4, 0.5) is 23.0 Å². The van der Waals surface area contributed by atoms with Gasteiger partial charge in [-0.3, -0.25) is 24.6 Å². The maximum atomic E-state index is 12.4. The molecule has 1 unspecified atom stereocenters. The van der Waals surface area contributed by atoms with Crippen LogP contribution < -0.4 is 20.7 Å². The van der Waals surface area contributed by atoms with Gasteiger partial charge in [0.05, 0.1) is 4.92 Å². The molecule has 0 bridgehead atoms. The van der Waals surface area contributed by atoms with E-state index < -0.39 is 22.8 Å². The van der Waals surface area contributed by atoms with Gasteiger partial charge < -0.3 is 15.8 Å². The summed E-state index contributed by atoms with van der Waals surface area (Å²) in [5.41, 5.74) is 5.94. The van der Waals surface area contributed by atoms with E-state index in [9.17, 15) is 19.7 Å². The summed E-state index contributed by atoms with van der Waals surface area (Å²) in [6.07, 6.45) is -0.764. The number of carbonyl (C=O) groups is 2. The van der Waals surface area contributed by atoms with Crippen LogP contribution in [0.15, 0.2) is 36.4 Å². The van der Waals surface area contributed by atoms with Crippen molar-refractivity contribution in [3.05, 3.63) is 46.5 Å². The second-order valence-corrected chi connectivity index (χ2v) is 5.59. The number of carbonyl (C=O) groups excluding carboxylic acids is 2. The third kappa shape index (κ3) is 3.38. The summed E-state index contributed by atoms with van der Waals surface area (Å²) in [5.74, 6) is -0.192. The van der Waals surface area contributed by atoms with Crippen molar-refractivity contribution in [2.75, 3.05) is 22.5 Å². The maximum Gasteiger partial charge on any atom is 0.269 e. The molecule has 1 aromatic carbocycles. The zero-order valence-corrected chi connectivity index (χ0v) is 13.7. The molecular formula is C16H15N5O5. The average molecular weight is 357 g/mol. The quantitative estimate of drug-likeness (QED) is 0.621. The molecule has 26 heavy (non-hydrogen) atoms. The van der Waals surface area contributed by atoms with Crippen LogP contribution in [-0.2, 0) is 9.59 Å². The highest BCUT2D eigenvalue weighted by atomic mass is 16.6. The highest BCUT2D eigenvalue weighted by molar-refractivity contribution is 6.05. The Morgan fingerprint density at radius 2 is 2.04 bits per heavy atom. The minimum Gasteiger partial charge on any atom is -0.477 e. The first-order chi connectivity index (χ1) is 12.3. The molecule has 1 aromatic heterocycles. The summed E-state index contributed by atoms with van der Waals surface area (Å²) < 4.78 is 5.46. The van der Waals surface area contributed by atoms with Crippen molar-refractivity contribution in [3.63, 3.8) is 0 Å². The molecule has 1 aliphatic rings. The van der Waals surface area contributed by atoms with Crippen LogP contribution in [0.3, 0.4) is 0 Å². The number of anilines is 3. The number of non-ortho nitro benzene ring substituents is 1. The van der Waals surface area contributed by atoms with Gasteiger partial charge >= 0.3 is 0 Å². The lowest BCUT2D eigenvalue weighted by atomic mass is 10.2. The summed E-state index contributed by atoms with van der Waals surface area (Å²) in [6.45, 7) is 1.27. The van der Waals surface area contributed by atoms with Crippen molar-refractivity contribution in [3.8, 4) is 5.75 Å². The largest absolute Gasteiger partial charge is 0.477 e. The van der Waals surface area contributed by atoms with Gasteiger partial charge in [-0.2, -0.15) is 0 Å². The van der Waals surface area contributed by atoms with E-state index in [1.807, 2.05) is 0 Å². The number of nitro benzene ring substituents is 1. The number of nitrogens with zero attached hydrogens (tertiary/aromatic N) is 3. The van der Waals surface area contributed by atoms with E-state index in [1.165, 1.54) is 35.2 Å². The number of nitrogens with two attached hydrogens (primary N) is 1. The Kier molecular flexibility index (Phi) is 4.40. The molecule has 0 fully saturated rings. The van der Waals surface area contributed by atoms with Gasteiger partial charge in [0.15, 0.2) is 17.7 Å². The number of amides is 2. The highest BCUT2D eigenvalue weighted by Crippen LogP contribution is 2.32. The van der Waals surface area contributed by atoms with Crippen LogP contribution >= 0.6 is 0 Å². The Morgan fingerprint density at radius 1 is 1.35 bits per heavy atom. The monoisotopic (exact) mass is 357 g/mol. The van der Waals surface area contributed by atoms with Gasteiger partial charge in [0, 0.05) is 17.8 Å². The minimum absolute atomic E-state index is 0.0891. The Bertz CT molecular complexity index is 883. The Balaban J connectivity index is 1.77. The van der Waals surface area contributed by atoms with Gasteiger partial charge in [-0.15, -0.1) is 0 Å². The number of ether oxygens (including phenoxy) is 1. The molecule has 1 aliphatic heterocycles. The summed E-state index contributed by atoms with van der Waals surface area (Å²) in [4.78, 5) is 40.1. The molecule has 0 spiro atoms. The molecule has 2 heterocycles. The van der Waals surface area contributed by atoms with Crippen LogP contribution in [0.25, 0.3) is 0 Å².